The molecule has 0 saturated carbocycles. The second kappa shape index (κ2) is 9.00. The Bertz CT molecular complexity index is 919. The molecule has 0 fully saturated rings. The van der Waals surface area contributed by atoms with Crippen LogP contribution in [0.25, 0.3) is 16.2 Å². The Labute approximate surface area is 158 Å². The van der Waals surface area contributed by atoms with Gasteiger partial charge in [0.1, 0.15) is 0 Å². The second-order valence-corrected chi connectivity index (χ2v) is 6.37. The average Bonchev–Trinajstić information content (AvgIpc) is 3.17. The van der Waals surface area contributed by atoms with Gasteiger partial charge in [0.2, 0.25) is 0 Å². The molecule has 1 heterocycles. The molecule has 0 radical (unpaired) electrons. The largest absolute Gasteiger partial charge is 0.687 e. The zero-order valence-corrected chi connectivity index (χ0v) is 15.1. The summed E-state index contributed by atoms with van der Waals surface area (Å²) in [4.78, 5) is 12.3. The number of rotatable bonds is 9. The summed E-state index contributed by atoms with van der Waals surface area (Å²) in [7, 11) is 0. The molecule has 6 nitrogen and oxygen atoms in total. The van der Waals surface area contributed by atoms with Crippen LogP contribution in [0.5, 0.6) is 0 Å². The van der Waals surface area contributed by atoms with E-state index in [4.69, 9.17) is 0 Å². The van der Waals surface area contributed by atoms with Gasteiger partial charge < -0.3 is 15.7 Å². The molecule has 0 saturated heterocycles. The highest BCUT2D eigenvalue weighted by Gasteiger charge is 2.11. The fourth-order valence-electron chi connectivity index (χ4n) is 2.94. The van der Waals surface area contributed by atoms with Gasteiger partial charge in [-0.15, -0.1) is 13.1 Å². The van der Waals surface area contributed by atoms with Gasteiger partial charge >= 0.3 is 0 Å². The van der Waals surface area contributed by atoms with Crippen molar-refractivity contribution in [2.24, 2.45) is 0 Å². The lowest BCUT2D eigenvalue weighted by Gasteiger charge is -2.18. The smallest absolute Gasteiger partial charge is 0.251 e. The molecule has 6 heteroatoms. The lowest BCUT2D eigenvalue weighted by molar-refractivity contribution is 0.0911. The van der Waals surface area contributed by atoms with Crippen molar-refractivity contribution in [3.8, 4) is 0 Å². The number of aromatic nitrogens is 2. The van der Waals surface area contributed by atoms with E-state index in [1.54, 1.807) is 24.5 Å². The molecule has 0 unspecified atom stereocenters. The summed E-state index contributed by atoms with van der Waals surface area (Å²) in [6.07, 6.45) is 3.89. The van der Waals surface area contributed by atoms with Crippen molar-refractivity contribution >= 4 is 16.8 Å². The Morgan fingerprint density at radius 1 is 1.30 bits per heavy atom. The molecule has 0 aliphatic rings. The van der Waals surface area contributed by atoms with Crippen molar-refractivity contribution in [2.45, 2.75) is 25.5 Å². The maximum atomic E-state index is 12.3. The SMILES string of the molecule is C=C[N-]Cc1ccccc1CC[C@H](O)CNC(=O)c1ccc2[nH]ncc2c1. The van der Waals surface area contributed by atoms with Crippen LogP contribution >= 0.6 is 0 Å². The zero-order valence-electron chi connectivity index (χ0n) is 15.1. The van der Waals surface area contributed by atoms with Gasteiger partial charge in [-0.1, -0.05) is 29.8 Å². The number of hydrogen-bond donors (Lipinski definition) is 3. The number of benzene rings is 2. The standard InChI is InChI=1S/C21H23N4O2/c1-2-22-12-17-6-4-3-5-15(17)7-9-19(26)14-23-21(27)16-8-10-20-18(11-16)13-24-25-20/h2-6,8,10-11,13,19,26H,1,7,9,12,14H2,(H2,23,24,25,27)/q-1/t19-/m0/s1. The number of carbonyl (C=O) groups is 1. The Morgan fingerprint density at radius 3 is 2.93 bits per heavy atom. The molecule has 0 aliphatic heterocycles. The summed E-state index contributed by atoms with van der Waals surface area (Å²) in [5, 5.41) is 24.9. The second-order valence-electron chi connectivity index (χ2n) is 6.37. The van der Waals surface area contributed by atoms with Gasteiger partial charge in [-0.25, -0.2) is 0 Å². The third-order valence-electron chi connectivity index (χ3n) is 4.46. The van der Waals surface area contributed by atoms with E-state index in [0.717, 1.165) is 28.5 Å². The van der Waals surface area contributed by atoms with Crippen molar-refractivity contribution in [1.29, 1.82) is 0 Å². The number of aromatic amines is 1. The van der Waals surface area contributed by atoms with Gasteiger partial charge in [0.25, 0.3) is 5.91 Å². The van der Waals surface area contributed by atoms with Crippen LogP contribution in [-0.4, -0.2) is 33.9 Å². The number of aliphatic hydroxyl groups is 1. The summed E-state index contributed by atoms with van der Waals surface area (Å²) in [6, 6.07) is 13.4. The molecule has 140 valence electrons. The topological polar surface area (TPSA) is 92.1 Å². The summed E-state index contributed by atoms with van der Waals surface area (Å²) >= 11 is 0. The Kier molecular flexibility index (Phi) is 6.22. The molecule has 0 aliphatic carbocycles. The Hall–Kier alpha value is -3.12. The minimum absolute atomic E-state index is 0.206. The zero-order chi connectivity index (χ0) is 19.1. The van der Waals surface area contributed by atoms with E-state index in [-0.39, 0.29) is 12.5 Å². The summed E-state index contributed by atoms with van der Waals surface area (Å²) in [5.74, 6) is -0.206. The molecule has 0 bridgehead atoms. The van der Waals surface area contributed by atoms with E-state index in [9.17, 15) is 9.90 Å². The van der Waals surface area contributed by atoms with Gasteiger partial charge in [-0.3, -0.25) is 9.89 Å². The van der Waals surface area contributed by atoms with Crippen LogP contribution in [0.2, 0.25) is 0 Å². The molecule has 0 spiro atoms. The van der Waals surface area contributed by atoms with E-state index in [2.05, 4.69) is 27.4 Å². The third-order valence-corrected chi connectivity index (χ3v) is 4.46. The fourth-order valence-corrected chi connectivity index (χ4v) is 2.94. The predicted molar refractivity (Wildman–Crippen MR) is 106 cm³/mol. The fraction of sp³-hybridized carbons (Fsp3) is 0.238. The molecule has 1 aromatic heterocycles. The molecule has 3 aromatic rings. The molecule has 3 N–H and O–H groups in total. The van der Waals surface area contributed by atoms with Crippen molar-refractivity contribution < 1.29 is 9.90 Å². The number of fused-ring (bicyclic) bond motifs is 1. The van der Waals surface area contributed by atoms with Crippen molar-refractivity contribution in [2.75, 3.05) is 6.54 Å². The van der Waals surface area contributed by atoms with Crippen LogP contribution in [0.1, 0.15) is 27.9 Å². The first kappa shape index (κ1) is 18.7. The Morgan fingerprint density at radius 2 is 2.11 bits per heavy atom. The van der Waals surface area contributed by atoms with Gasteiger partial charge in [0.15, 0.2) is 0 Å². The number of H-pyrrole nitrogens is 1. The molecular weight excluding hydrogens is 340 g/mol. The van der Waals surface area contributed by atoms with E-state index < -0.39 is 6.10 Å². The van der Waals surface area contributed by atoms with Crippen molar-refractivity contribution in [1.82, 2.24) is 15.5 Å². The first-order valence-corrected chi connectivity index (χ1v) is 8.91. The van der Waals surface area contributed by atoms with E-state index in [1.165, 1.54) is 0 Å². The van der Waals surface area contributed by atoms with Crippen molar-refractivity contribution in [3.05, 3.63) is 83.4 Å². The monoisotopic (exact) mass is 363 g/mol. The van der Waals surface area contributed by atoms with E-state index >= 15 is 0 Å². The van der Waals surface area contributed by atoms with E-state index in [1.807, 2.05) is 30.3 Å². The number of nitrogens with one attached hydrogen (secondary N) is 2. The molecule has 1 atom stereocenters. The van der Waals surface area contributed by atoms with Gasteiger partial charge in [0, 0.05) is 17.5 Å². The summed E-state index contributed by atoms with van der Waals surface area (Å²) < 4.78 is 0. The minimum atomic E-state index is -0.615. The average molecular weight is 363 g/mol. The molecule has 2 aromatic carbocycles. The highest BCUT2D eigenvalue weighted by Crippen LogP contribution is 2.16. The van der Waals surface area contributed by atoms with Crippen molar-refractivity contribution in [3.63, 3.8) is 0 Å². The number of hydrogen-bond acceptors (Lipinski definition) is 3. The van der Waals surface area contributed by atoms with E-state index in [0.29, 0.717) is 18.5 Å². The molecule has 3 rings (SSSR count). The summed E-state index contributed by atoms with van der Waals surface area (Å²) in [6.45, 7) is 4.40. The summed E-state index contributed by atoms with van der Waals surface area (Å²) in [5.41, 5.74) is 3.71. The lowest BCUT2D eigenvalue weighted by Crippen LogP contribution is -2.32. The van der Waals surface area contributed by atoms with Crippen LogP contribution in [-0.2, 0) is 13.0 Å². The maximum Gasteiger partial charge on any atom is 0.251 e. The number of carbonyl (C=O) groups excluding carboxylic acids is 1. The highest BCUT2D eigenvalue weighted by atomic mass is 16.3. The quantitative estimate of drug-likeness (QED) is 0.545. The number of amides is 1. The molecule has 1 amide bonds. The first-order valence-electron chi connectivity index (χ1n) is 8.91. The Balaban J connectivity index is 1.50. The number of aryl methyl sites for hydroxylation is 1. The highest BCUT2D eigenvalue weighted by molar-refractivity contribution is 5.97. The van der Waals surface area contributed by atoms with Crippen LogP contribution in [0.3, 0.4) is 0 Å². The normalized spacial score (nSPS) is 11.9. The minimum Gasteiger partial charge on any atom is -0.687 e. The van der Waals surface area contributed by atoms with Gasteiger partial charge in [-0.2, -0.15) is 11.3 Å². The molecule has 27 heavy (non-hydrogen) atoms. The first-order chi connectivity index (χ1) is 13.2. The van der Waals surface area contributed by atoms with Gasteiger partial charge in [-0.05, 0) is 36.6 Å². The molecular formula is C21H23N4O2-. The van der Waals surface area contributed by atoms with Gasteiger partial charge in [0.05, 0.1) is 17.8 Å². The lowest BCUT2D eigenvalue weighted by atomic mass is 10.0. The number of aliphatic hydroxyl groups excluding tert-OH is 1. The number of nitrogens with zero attached hydrogens (tertiary/aromatic N) is 2. The van der Waals surface area contributed by atoms with Crippen LogP contribution in [0.15, 0.2) is 61.4 Å². The predicted octanol–water partition coefficient (Wildman–Crippen LogP) is 3.30. The van der Waals surface area contributed by atoms with Crippen LogP contribution < -0.4 is 5.32 Å². The maximum absolute atomic E-state index is 12.3. The third kappa shape index (κ3) is 4.95. The van der Waals surface area contributed by atoms with Crippen LogP contribution in [0.4, 0.5) is 0 Å². The van der Waals surface area contributed by atoms with Crippen LogP contribution in [0, 0.1) is 0 Å².